The topological polar surface area (TPSA) is 75.2 Å². The number of fused-ring (bicyclic) bond motifs is 2. The van der Waals surface area contributed by atoms with E-state index in [9.17, 15) is 0 Å². The zero-order valence-corrected chi connectivity index (χ0v) is 12.0. The minimum Gasteiger partial charge on any atom is -0.486 e. The molecule has 1 aromatic carbocycles. The van der Waals surface area contributed by atoms with Gasteiger partial charge in [0.25, 0.3) is 0 Å². The second-order valence-electron chi connectivity index (χ2n) is 5.10. The van der Waals surface area contributed by atoms with Crippen LogP contribution in [0.15, 0.2) is 36.7 Å². The fourth-order valence-corrected chi connectivity index (χ4v) is 2.74. The molecule has 112 valence electrons. The van der Waals surface area contributed by atoms with Gasteiger partial charge in [-0.25, -0.2) is 4.98 Å². The van der Waals surface area contributed by atoms with Gasteiger partial charge in [-0.3, -0.25) is 4.98 Å². The van der Waals surface area contributed by atoms with Crippen molar-refractivity contribution in [2.75, 3.05) is 19.8 Å². The maximum Gasteiger partial charge on any atom is 0.163 e. The molecule has 2 aromatic heterocycles. The van der Waals surface area contributed by atoms with Crippen LogP contribution in [0.1, 0.15) is 0 Å². The zero-order chi connectivity index (χ0) is 14.9. The van der Waals surface area contributed by atoms with Crippen LogP contribution in [-0.4, -0.2) is 34.3 Å². The zero-order valence-electron chi connectivity index (χ0n) is 12.0. The van der Waals surface area contributed by atoms with E-state index in [-0.39, 0.29) is 0 Å². The van der Waals surface area contributed by atoms with Crippen LogP contribution in [-0.2, 0) is 6.54 Å². The van der Waals surface area contributed by atoms with Crippen molar-refractivity contribution in [2.24, 2.45) is 5.73 Å². The number of nitrogens with zero attached hydrogens (tertiary/aromatic N) is 3. The van der Waals surface area contributed by atoms with Crippen molar-refractivity contribution in [3.8, 4) is 22.9 Å². The summed E-state index contributed by atoms with van der Waals surface area (Å²) in [4.78, 5) is 8.82. The Morgan fingerprint density at radius 2 is 1.82 bits per heavy atom. The first kappa shape index (κ1) is 13.1. The maximum atomic E-state index is 5.78. The van der Waals surface area contributed by atoms with E-state index in [1.54, 1.807) is 12.4 Å². The van der Waals surface area contributed by atoms with Gasteiger partial charge < -0.3 is 19.8 Å². The van der Waals surface area contributed by atoms with Crippen LogP contribution in [0.4, 0.5) is 0 Å². The van der Waals surface area contributed by atoms with E-state index >= 15 is 0 Å². The number of pyridine rings is 1. The average molecular weight is 296 g/mol. The summed E-state index contributed by atoms with van der Waals surface area (Å²) < 4.78 is 13.4. The van der Waals surface area contributed by atoms with Crippen LogP contribution in [0, 0.1) is 0 Å². The van der Waals surface area contributed by atoms with Crippen LogP contribution >= 0.6 is 0 Å². The molecule has 6 heteroatoms. The highest BCUT2D eigenvalue weighted by atomic mass is 16.6. The highest BCUT2D eigenvalue weighted by Gasteiger charge is 2.18. The molecule has 1 aliphatic rings. The molecule has 1 aliphatic heterocycles. The second kappa shape index (κ2) is 5.31. The summed E-state index contributed by atoms with van der Waals surface area (Å²) >= 11 is 0. The van der Waals surface area contributed by atoms with Crippen LogP contribution in [0.3, 0.4) is 0 Å². The number of hydrogen-bond donors (Lipinski definition) is 1. The average Bonchev–Trinajstić information content (AvgIpc) is 2.92. The molecule has 22 heavy (non-hydrogen) atoms. The van der Waals surface area contributed by atoms with E-state index in [4.69, 9.17) is 20.2 Å². The summed E-state index contributed by atoms with van der Waals surface area (Å²) in [6.45, 7) is 2.37. The Labute approximate surface area is 127 Å². The van der Waals surface area contributed by atoms with Crippen molar-refractivity contribution < 1.29 is 9.47 Å². The SMILES string of the molecule is NCCn1c(-c2ccncc2)nc2cc3c(cc21)OCCO3. The maximum absolute atomic E-state index is 5.78. The Kier molecular flexibility index (Phi) is 3.16. The van der Waals surface area contributed by atoms with Gasteiger partial charge in [0.15, 0.2) is 11.5 Å². The first-order valence-corrected chi connectivity index (χ1v) is 7.27. The molecule has 0 saturated heterocycles. The third-order valence-corrected chi connectivity index (χ3v) is 3.70. The Balaban J connectivity index is 1.94. The molecule has 0 amide bonds. The molecule has 0 saturated carbocycles. The normalized spacial score (nSPS) is 13.5. The third-order valence-electron chi connectivity index (χ3n) is 3.70. The lowest BCUT2D eigenvalue weighted by molar-refractivity contribution is 0.172. The van der Waals surface area contributed by atoms with Gasteiger partial charge >= 0.3 is 0 Å². The molecule has 4 rings (SSSR count). The summed E-state index contributed by atoms with van der Waals surface area (Å²) in [6.07, 6.45) is 3.53. The van der Waals surface area contributed by atoms with Crippen molar-refractivity contribution >= 4 is 11.0 Å². The van der Waals surface area contributed by atoms with Crippen LogP contribution in [0.2, 0.25) is 0 Å². The molecule has 6 nitrogen and oxygen atoms in total. The smallest absolute Gasteiger partial charge is 0.163 e. The van der Waals surface area contributed by atoms with Crippen LogP contribution in [0.25, 0.3) is 22.4 Å². The Morgan fingerprint density at radius 1 is 1.09 bits per heavy atom. The highest BCUT2D eigenvalue weighted by Crippen LogP contribution is 2.36. The Hall–Kier alpha value is -2.60. The lowest BCUT2D eigenvalue weighted by Gasteiger charge is -2.18. The van der Waals surface area contributed by atoms with Gasteiger partial charge in [0.2, 0.25) is 0 Å². The highest BCUT2D eigenvalue weighted by molar-refractivity contribution is 5.84. The van der Waals surface area contributed by atoms with Crippen molar-refractivity contribution in [3.63, 3.8) is 0 Å². The first-order valence-electron chi connectivity index (χ1n) is 7.27. The summed E-state index contributed by atoms with van der Waals surface area (Å²) in [7, 11) is 0. The van der Waals surface area contributed by atoms with Gasteiger partial charge in [-0.2, -0.15) is 0 Å². The molecule has 3 aromatic rings. The minimum atomic E-state index is 0.540. The Bertz CT molecular complexity index is 814. The van der Waals surface area contributed by atoms with Gasteiger partial charge in [0.05, 0.1) is 11.0 Å². The van der Waals surface area contributed by atoms with Gasteiger partial charge in [-0.15, -0.1) is 0 Å². The third kappa shape index (κ3) is 2.08. The number of aromatic nitrogens is 3. The van der Waals surface area contributed by atoms with E-state index in [1.165, 1.54) is 0 Å². The fourth-order valence-electron chi connectivity index (χ4n) is 2.74. The molecule has 0 atom stereocenters. The van der Waals surface area contributed by atoms with Crippen LogP contribution in [0.5, 0.6) is 11.5 Å². The molecule has 3 heterocycles. The van der Waals surface area contributed by atoms with E-state index < -0.39 is 0 Å². The van der Waals surface area contributed by atoms with Gasteiger partial charge in [-0.05, 0) is 12.1 Å². The van der Waals surface area contributed by atoms with E-state index in [0.717, 1.165) is 33.9 Å². The van der Waals surface area contributed by atoms with E-state index in [0.29, 0.717) is 26.3 Å². The largest absolute Gasteiger partial charge is 0.486 e. The summed E-state index contributed by atoms with van der Waals surface area (Å²) in [6, 6.07) is 7.81. The van der Waals surface area contributed by atoms with E-state index in [2.05, 4.69) is 9.55 Å². The predicted octanol–water partition coefficient (Wildman–Crippen LogP) is 1.83. The number of ether oxygens (including phenoxy) is 2. The van der Waals surface area contributed by atoms with Crippen molar-refractivity contribution in [3.05, 3.63) is 36.7 Å². The number of hydrogen-bond acceptors (Lipinski definition) is 5. The van der Waals surface area contributed by atoms with Gasteiger partial charge in [0.1, 0.15) is 19.0 Å². The molecular weight excluding hydrogens is 280 g/mol. The molecule has 0 spiro atoms. The van der Waals surface area contributed by atoms with Crippen molar-refractivity contribution in [1.82, 2.24) is 14.5 Å². The number of benzene rings is 1. The second-order valence-corrected chi connectivity index (χ2v) is 5.10. The van der Waals surface area contributed by atoms with Crippen LogP contribution < -0.4 is 15.2 Å². The molecule has 0 radical (unpaired) electrons. The summed E-state index contributed by atoms with van der Waals surface area (Å²) in [5.74, 6) is 2.39. The molecule has 0 aliphatic carbocycles. The quantitative estimate of drug-likeness (QED) is 0.798. The number of nitrogens with two attached hydrogens (primary N) is 1. The van der Waals surface area contributed by atoms with Crippen molar-refractivity contribution in [2.45, 2.75) is 6.54 Å². The standard InChI is InChI=1S/C16H16N4O2/c17-3-6-20-13-10-15-14(21-7-8-22-15)9-12(13)19-16(20)11-1-4-18-5-2-11/h1-2,4-5,9-10H,3,6-8,17H2. The van der Waals surface area contributed by atoms with Crippen molar-refractivity contribution in [1.29, 1.82) is 0 Å². The summed E-state index contributed by atoms with van der Waals surface area (Å²) in [5, 5.41) is 0. The summed E-state index contributed by atoms with van der Waals surface area (Å²) in [5.41, 5.74) is 8.67. The Morgan fingerprint density at radius 3 is 2.55 bits per heavy atom. The minimum absolute atomic E-state index is 0.540. The monoisotopic (exact) mass is 296 g/mol. The predicted molar refractivity (Wildman–Crippen MR) is 83.0 cm³/mol. The number of imidazole rings is 1. The first-order chi connectivity index (χ1) is 10.9. The number of rotatable bonds is 3. The van der Waals surface area contributed by atoms with E-state index in [1.807, 2.05) is 24.3 Å². The lowest BCUT2D eigenvalue weighted by Crippen LogP contribution is -2.15. The fraction of sp³-hybridized carbons (Fsp3) is 0.250. The molecule has 0 unspecified atom stereocenters. The molecular formula is C16H16N4O2. The van der Waals surface area contributed by atoms with Gasteiger partial charge in [0, 0.05) is 43.2 Å². The van der Waals surface area contributed by atoms with Gasteiger partial charge in [-0.1, -0.05) is 0 Å². The lowest BCUT2D eigenvalue weighted by atomic mass is 10.2. The molecule has 0 fully saturated rings. The molecule has 0 bridgehead atoms. The molecule has 2 N–H and O–H groups in total.